The SMILES string of the molecule is CCCCNC(=O)[C@H](C)C[C@H](O)[C@H](CC(C)C)NC(O)[C@H](C)NC(=O)[C@H](CC(C)C)NC(C)=O. The second kappa shape index (κ2) is 16.8. The van der Waals surface area contributed by atoms with Crippen molar-refractivity contribution in [2.45, 2.75) is 118 Å². The van der Waals surface area contributed by atoms with Crippen LogP contribution in [0.4, 0.5) is 0 Å². The number of aliphatic hydroxyl groups is 2. The highest BCUT2D eigenvalue weighted by molar-refractivity contribution is 5.87. The van der Waals surface area contributed by atoms with Crippen molar-refractivity contribution >= 4 is 17.7 Å². The summed E-state index contributed by atoms with van der Waals surface area (Å²) in [5, 5.41) is 32.9. The van der Waals surface area contributed by atoms with Gasteiger partial charge in [-0.25, -0.2) is 0 Å². The molecule has 0 aromatic rings. The van der Waals surface area contributed by atoms with Crippen LogP contribution in [0.1, 0.15) is 87.5 Å². The fourth-order valence-corrected chi connectivity index (χ4v) is 3.76. The molecule has 3 amide bonds. The molecular formula is C25H50N4O5. The Bertz CT molecular complexity index is 614. The highest BCUT2D eigenvalue weighted by Gasteiger charge is 2.30. The van der Waals surface area contributed by atoms with Gasteiger partial charge in [0.15, 0.2) is 0 Å². The van der Waals surface area contributed by atoms with Gasteiger partial charge in [-0.3, -0.25) is 19.7 Å². The first kappa shape index (κ1) is 32.3. The molecule has 0 aliphatic rings. The summed E-state index contributed by atoms with van der Waals surface area (Å²) in [6.07, 6.45) is 1.27. The Kier molecular flexibility index (Phi) is 16.0. The van der Waals surface area contributed by atoms with Crippen molar-refractivity contribution in [1.29, 1.82) is 0 Å². The van der Waals surface area contributed by atoms with Gasteiger partial charge in [-0.05, 0) is 44.4 Å². The summed E-state index contributed by atoms with van der Waals surface area (Å²) in [5.74, 6) is -0.672. The van der Waals surface area contributed by atoms with Crippen LogP contribution in [0.15, 0.2) is 0 Å². The molecule has 9 nitrogen and oxygen atoms in total. The van der Waals surface area contributed by atoms with E-state index in [2.05, 4.69) is 28.2 Å². The largest absolute Gasteiger partial charge is 0.391 e. The molecule has 0 saturated heterocycles. The Morgan fingerprint density at radius 1 is 0.824 bits per heavy atom. The number of aliphatic hydroxyl groups excluding tert-OH is 2. The molecule has 0 rings (SSSR count). The van der Waals surface area contributed by atoms with Crippen molar-refractivity contribution in [2.24, 2.45) is 17.8 Å². The summed E-state index contributed by atoms with van der Waals surface area (Å²) in [6, 6.07) is -1.80. The van der Waals surface area contributed by atoms with Gasteiger partial charge in [0.1, 0.15) is 12.3 Å². The van der Waals surface area contributed by atoms with Gasteiger partial charge in [0.2, 0.25) is 17.7 Å². The lowest BCUT2D eigenvalue weighted by molar-refractivity contribution is -0.129. The molecule has 0 bridgehead atoms. The first-order valence-electron chi connectivity index (χ1n) is 12.8. The zero-order valence-corrected chi connectivity index (χ0v) is 22.5. The van der Waals surface area contributed by atoms with E-state index >= 15 is 0 Å². The van der Waals surface area contributed by atoms with Crippen LogP contribution in [0.5, 0.6) is 0 Å². The standard InChI is InChI=1S/C25H50N4O5/c1-9-10-11-26-23(32)17(6)14-22(31)20(12-15(2)3)29-24(33)18(7)27-25(34)21(13-16(4)5)28-19(8)30/h15-18,20-22,24,29,31,33H,9-14H2,1-8H3,(H,26,32)(H,27,34)(H,28,30)/t17-,18+,20+,21+,22+,24?/m1/s1. The maximum Gasteiger partial charge on any atom is 0.242 e. The van der Waals surface area contributed by atoms with E-state index in [0.717, 1.165) is 12.8 Å². The molecule has 6 atom stereocenters. The Hall–Kier alpha value is -1.71. The van der Waals surface area contributed by atoms with Crippen LogP contribution >= 0.6 is 0 Å². The van der Waals surface area contributed by atoms with E-state index in [1.807, 2.05) is 27.7 Å². The third-order valence-corrected chi connectivity index (χ3v) is 5.69. The van der Waals surface area contributed by atoms with Gasteiger partial charge in [0.25, 0.3) is 0 Å². The molecule has 0 aromatic carbocycles. The molecule has 0 radical (unpaired) electrons. The van der Waals surface area contributed by atoms with Gasteiger partial charge in [0, 0.05) is 25.4 Å². The number of unbranched alkanes of at least 4 members (excludes halogenated alkanes) is 1. The fourth-order valence-electron chi connectivity index (χ4n) is 3.76. The van der Waals surface area contributed by atoms with E-state index in [1.54, 1.807) is 13.8 Å². The predicted molar refractivity (Wildman–Crippen MR) is 135 cm³/mol. The van der Waals surface area contributed by atoms with Crippen LogP contribution in [-0.2, 0) is 14.4 Å². The average molecular weight is 487 g/mol. The van der Waals surface area contributed by atoms with Gasteiger partial charge in [-0.2, -0.15) is 0 Å². The van der Waals surface area contributed by atoms with Crippen molar-refractivity contribution < 1.29 is 24.6 Å². The van der Waals surface area contributed by atoms with Crippen molar-refractivity contribution in [3.63, 3.8) is 0 Å². The van der Waals surface area contributed by atoms with Crippen LogP contribution < -0.4 is 21.3 Å². The van der Waals surface area contributed by atoms with Gasteiger partial charge >= 0.3 is 0 Å². The van der Waals surface area contributed by atoms with Crippen LogP contribution in [-0.4, -0.2) is 64.9 Å². The predicted octanol–water partition coefficient (Wildman–Crippen LogP) is 1.67. The summed E-state index contributed by atoms with van der Waals surface area (Å²) >= 11 is 0. The van der Waals surface area contributed by atoms with Gasteiger partial charge in [0.05, 0.1) is 12.1 Å². The Labute approximate surface area is 206 Å². The lowest BCUT2D eigenvalue weighted by Gasteiger charge is -2.32. The zero-order valence-electron chi connectivity index (χ0n) is 22.5. The molecule has 200 valence electrons. The van der Waals surface area contributed by atoms with Crippen LogP contribution in [0.2, 0.25) is 0 Å². The minimum absolute atomic E-state index is 0.0915. The second-order valence-electron chi connectivity index (χ2n) is 10.4. The summed E-state index contributed by atoms with van der Waals surface area (Å²) in [4.78, 5) is 36.5. The number of carbonyl (C=O) groups excluding carboxylic acids is 3. The van der Waals surface area contributed by atoms with Gasteiger partial charge in [-0.15, -0.1) is 0 Å². The molecule has 0 fully saturated rings. The molecule has 0 saturated carbocycles. The molecule has 0 aromatic heterocycles. The number of carbonyl (C=O) groups is 3. The molecule has 0 aliphatic heterocycles. The van der Waals surface area contributed by atoms with E-state index in [-0.39, 0.29) is 41.9 Å². The normalized spacial score (nSPS) is 16.9. The summed E-state index contributed by atoms with van der Waals surface area (Å²) in [7, 11) is 0. The van der Waals surface area contributed by atoms with E-state index in [1.165, 1.54) is 6.92 Å². The van der Waals surface area contributed by atoms with Gasteiger partial charge < -0.3 is 26.2 Å². The molecule has 34 heavy (non-hydrogen) atoms. The number of hydrogen-bond donors (Lipinski definition) is 6. The lowest BCUT2D eigenvalue weighted by Crippen LogP contribution is -2.57. The van der Waals surface area contributed by atoms with E-state index in [0.29, 0.717) is 19.4 Å². The van der Waals surface area contributed by atoms with E-state index in [9.17, 15) is 24.6 Å². The second-order valence-corrected chi connectivity index (χ2v) is 10.4. The zero-order chi connectivity index (χ0) is 26.4. The minimum Gasteiger partial charge on any atom is -0.391 e. The highest BCUT2D eigenvalue weighted by Crippen LogP contribution is 2.16. The smallest absolute Gasteiger partial charge is 0.242 e. The number of amides is 3. The molecule has 1 unspecified atom stereocenters. The quantitative estimate of drug-likeness (QED) is 0.137. The number of rotatable bonds is 17. The third kappa shape index (κ3) is 13.9. The van der Waals surface area contributed by atoms with Crippen LogP contribution in [0.3, 0.4) is 0 Å². The monoisotopic (exact) mass is 486 g/mol. The first-order chi connectivity index (χ1) is 15.8. The number of hydrogen-bond acceptors (Lipinski definition) is 6. The third-order valence-electron chi connectivity index (χ3n) is 5.69. The lowest BCUT2D eigenvalue weighted by atomic mass is 9.92. The summed E-state index contributed by atoms with van der Waals surface area (Å²) in [6.45, 7) is 15.5. The van der Waals surface area contributed by atoms with Crippen LogP contribution in [0, 0.1) is 17.8 Å². The molecule has 0 spiro atoms. The van der Waals surface area contributed by atoms with Crippen molar-refractivity contribution in [3.8, 4) is 0 Å². The van der Waals surface area contributed by atoms with Crippen molar-refractivity contribution in [3.05, 3.63) is 0 Å². The first-order valence-corrected chi connectivity index (χ1v) is 12.8. The molecule has 6 N–H and O–H groups in total. The summed E-state index contributed by atoms with van der Waals surface area (Å²) < 4.78 is 0. The summed E-state index contributed by atoms with van der Waals surface area (Å²) in [5.41, 5.74) is 0. The fraction of sp³-hybridized carbons (Fsp3) is 0.880. The van der Waals surface area contributed by atoms with Crippen molar-refractivity contribution in [1.82, 2.24) is 21.3 Å². The topological polar surface area (TPSA) is 140 Å². The minimum atomic E-state index is -1.12. The van der Waals surface area contributed by atoms with E-state index < -0.39 is 30.5 Å². The highest BCUT2D eigenvalue weighted by atomic mass is 16.3. The van der Waals surface area contributed by atoms with Crippen LogP contribution in [0.25, 0.3) is 0 Å². The van der Waals surface area contributed by atoms with E-state index in [4.69, 9.17) is 0 Å². The number of nitrogens with one attached hydrogen (secondary N) is 4. The van der Waals surface area contributed by atoms with Gasteiger partial charge in [-0.1, -0.05) is 48.0 Å². The Morgan fingerprint density at radius 3 is 1.91 bits per heavy atom. The molecule has 9 heteroatoms. The Balaban J connectivity index is 5.07. The molecular weight excluding hydrogens is 436 g/mol. The molecule has 0 aliphatic carbocycles. The maximum atomic E-state index is 12.7. The average Bonchev–Trinajstić information content (AvgIpc) is 2.71. The maximum absolute atomic E-state index is 12.7. The Morgan fingerprint density at radius 2 is 1.41 bits per heavy atom. The molecule has 0 heterocycles. The van der Waals surface area contributed by atoms with Crippen molar-refractivity contribution in [2.75, 3.05) is 6.54 Å².